The highest BCUT2D eigenvalue weighted by Gasteiger charge is 2.47. The second-order valence-corrected chi connectivity index (χ2v) is 8.89. The van der Waals surface area contributed by atoms with Crippen molar-refractivity contribution in [1.29, 1.82) is 0 Å². The second kappa shape index (κ2) is 9.97. The molecule has 0 amide bonds. The maximum absolute atomic E-state index is 6.13. The van der Waals surface area contributed by atoms with E-state index in [1.165, 1.54) is 11.3 Å². The molecular weight excluding hydrogens is 430 g/mol. The Morgan fingerprint density at radius 2 is 1.65 bits per heavy atom. The summed E-state index contributed by atoms with van der Waals surface area (Å²) in [5.41, 5.74) is 4.29. The van der Waals surface area contributed by atoms with Crippen LogP contribution in [0.2, 0.25) is 0 Å². The fourth-order valence-electron chi connectivity index (χ4n) is 4.48. The SMILES string of the molecule is COc1ccc(-c2ccnc(N[C@H]3CO[C@H]4[C@H]3OC[C@H]4NCc3ccc(N(C)C)cc3)n2)cc1. The summed E-state index contributed by atoms with van der Waals surface area (Å²) in [6, 6.07) is 18.5. The Hall–Kier alpha value is -3.20. The van der Waals surface area contributed by atoms with Crippen LogP contribution in [-0.2, 0) is 16.0 Å². The van der Waals surface area contributed by atoms with Gasteiger partial charge in [-0.25, -0.2) is 9.97 Å². The third kappa shape index (κ3) is 4.84. The van der Waals surface area contributed by atoms with Gasteiger partial charge in [0.05, 0.1) is 38.1 Å². The first-order valence-electron chi connectivity index (χ1n) is 11.6. The van der Waals surface area contributed by atoms with E-state index in [9.17, 15) is 0 Å². The lowest BCUT2D eigenvalue weighted by atomic mass is 10.1. The zero-order chi connectivity index (χ0) is 23.5. The number of fused-ring (bicyclic) bond motifs is 1. The summed E-state index contributed by atoms with van der Waals surface area (Å²) in [7, 11) is 5.75. The molecule has 8 nitrogen and oxygen atoms in total. The first-order chi connectivity index (χ1) is 16.6. The number of anilines is 2. The van der Waals surface area contributed by atoms with E-state index in [2.05, 4.69) is 44.8 Å². The summed E-state index contributed by atoms with van der Waals surface area (Å²) >= 11 is 0. The zero-order valence-corrected chi connectivity index (χ0v) is 19.8. The largest absolute Gasteiger partial charge is 0.497 e. The average molecular weight is 462 g/mol. The van der Waals surface area contributed by atoms with E-state index < -0.39 is 0 Å². The summed E-state index contributed by atoms with van der Waals surface area (Å²) in [4.78, 5) is 11.2. The van der Waals surface area contributed by atoms with E-state index in [4.69, 9.17) is 19.2 Å². The van der Waals surface area contributed by atoms with Crippen molar-refractivity contribution >= 4 is 11.6 Å². The maximum atomic E-state index is 6.13. The number of rotatable bonds is 8. The molecule has 178 valence electrons. The summed E-state index contributed by atoms with van der Waals surface area (Å²) in [6.45, 7) is 1.95. The van der Waals surface area contributed by atoms with Gasteiger partial charge in [0, 0.05) is 38.1 Å². The number of nitrogens with zero attached hydrogens (tertiary/aromatic N) is 3. The van der Waals surface area contributed by atoms with Crippen molar-refractivity contribution in [2.24, 2.45) is 0 Å². The molecule has 0 unspecified atom stereocenters. The van der Waals surface area contributed by atoms with E-state index in [-0.39, 0.29) is 24.3 Å². The van der Waals surface area contributed by atoms with E-state index in [0.29, 0.717) is 19.2 Å². The second-order valence-electron chi connectivity index (χ2n) is 8.89. The molecule has 1 aromatic heterocycles. The Labute approximate surface area is 200 Å². The molecule has 8 heteroatoms. The van der Waals surface area contributed by atoms with Gasteiger partial charge in [0.25, 0.3) is 0 Å². The van der Waals surface area contributed by atoms with Crippen LogP contribution in [0.1, 0.15) is 5.56 Å². The van der Waals surface area contributed by atoms with Crippen LogP contribution >= 0.6 is 0 Å². The monoisotopic (exact) mass is 461 g/mol. The van der Waals surface area contributed by atoms with Crippen molar-refractivity contribution in [3.05, 3.63) is 66.4 Å². The van der Waals surface area contributed by atoms with Gasteiger partial charge < -0.3 is 29.7 Å². The Balaban J connectivity index is 1.18. The molecule has 0 aliphatic carbocycles. The molecule has 2 fully saturated rings. The van der Waals surface area contributed by atoms with E-state index in [0.717, 1.165) is 23.6 Å². The maximum Gasteiger partial charge on any atom is 0.223 e. The minimum atomic E-state index is -0.0399. The van der Waals surface area contributed by atoms with E-state index in [1.54, 1.807) is 13.3 Å². The quantitative estimate of drug-likeness (QED) is 0.530. The molecule has 2 aliphatic heterocycles. The average Bonchev–Trinajstić information content (AvgIpc) is 3.46. The van der Waals surface area contributed by atoms with Crippen LogP contribution < -0.4 is 20.3 Å². The van der Waals surface area contributed by atoms with Crippen molar-refractivity contribution in [2.75, 3.05) is 44.6 Å². The highest BCUT2D eigenvalue weighted by atomic mass is 16.6. The Bertz CT molecular complexity index is 1090. The molecule has 34 heavy (non-hydrogen) atoms. The number of hydrogen-bond donors (Lipinski definition) is 2. The predicted octanol–water partition coefficient (Wildman–Crippen LogP) is 2.95. The van der Waals surface area contributed by atoms with Crippen LogP contribution in [0, 0.1) is 0 Å². The Morgan fingerprint density at radius 1 is 0.941 bits per heavy atom. The molecule has 2 aromatic carbocycles. The van der Waals surface area contributed by atoms with Crippen LogP contribution in [0.15, 0.2) is 60.8 Å². The number of benzene rings is 2. The number of methoxy groups -OCH3 is 1. The zero-order valence-electron chi connectivity index (χ0n) is 19.8. The van der Waals surface area contributed by atoms with Gasteiger partial charge in [-0.15, -0.1) is 0 Å². The first-order valence-corrected chi connectivity index (χ1v) is 11.6. The summed E-state index contributed by atoms with van der Waals surface area (Å²) < 4.78 is 17.5. The van der Waals surface area contributed by atoms with Gasteiger partial charge in [0.2, 0.25) is 5.95 Å². The van der Waals surface area contributed by atoms with Gasteiger partial charge in [-0.2, -0.15) is 0 Å². The summed E-state index contributed by atoms with van der Waals surface area (Å²) in [5.74, 6) is 1.39. The first kappa shape index (κ1) is 22.6. The standard InChI is InChI=1S/C26H31N5O3/c1-31(2)19-8-4-17(5-9-19)14-28-22-15-33-25-23(16-34-24(22)25)30-26-27-13-12-21(29-26)18-6-10-20(32-3)11-7-18/h4-13,22-25,28H,14-16H2,1-3H3,(H,27,29,30)/t22-,23+,24-,25+/m1/s1. The van der Waals surface area contributed by atoms with Gasteiger partial charge in [-0.05, 0) is 48.0 Å². The highest BCUT2D eigenvalue weighted by Crippen LogP contribution is 2.29. The lowest BCUT2D eigenvalue weighted by Gasteiger charge is -2.19. The Kier molecular flexibility index (Phi) is 6.62. The molecular formula is C26H31N5O3. The lowest BCUT2D eigenvalue weighted by molar-refractivity contribution is 0.0675. The number of nitrogens with one attached hydrogen (secondary N) is 2. The molecule has 0 spiro atoms. The van der Waals surface area contributed by atoms with Crippen molar-refractivity contribution < 1.29 is 14.2 Å². The minimum Gasteiger partial charge on any atom is -0.497 e. The number of ether oxygens (including phenoxy) is 3. The summed E-state index contributed by atoms with van der Waals surface area (Å²) in [6.07, 6.45) is 1.73. The molecule has 3 heterocycles. The van der Waals surface area contributed by atoms with Gasteiger partial charge in [-0.1, -0.05) is 12.1 Å². The van der Waals surface area contributed by atoms with Gasteiger partial charge in [-0.3, -0.25) is 0 Å². The molecule has 2 aliphatic rings. The van der Waals surface area contributed by atoms with Crippen molar-refractivity contribution in [2.45, 2.75) is 30.8 Å². The molecule has 0 radical (unpaired) electrons. The molecule has 0 saturated carbocycles. The molecule has 4 atom stereocenters. The molecule has 2 N–H and O–H groups in total. The molecule has 0 bridgehead atoms. The van der Waals surface area contributed by atoms with Gasteiger partial charge in [0.1, 0.15) is 18.0 Å². The fraction of sp³-hybridized carbons (Fsp3) is 0.385. The van der Waals surface area contributed by atoms with Crippen LogP contribution in [0.25, 0.3) is 11.3 Å². The fourth-order valence-corrected chi connectivity index (χ4v) is 4.48. The third-order valence-electron chi connectivity index (χ3n) is 6.43. The van der Waals surface area contributed by atoms with E-state index in [1.807, 2.05) is 44.4 Å². The van der Waals surface area contributed by atoms with Gasteiger partial charge >= 0.3 is 0 Å². The lowest BCUT2D eigenvalue weighted by Crippen LogP contribution is -2.41. The van der Waals surface area contributed by atoms with Crippen molar-refractivity contribution in [1.82, 2.24) is 15.3 Å². The number of hydrogen-bond acceptors (Lipinski definition) is 8. The van der Waals surface area contributed by atoms with E-state index >= 15 is 0 Å². The third-order valence-corrected chi connectivity index (χ3v) is 6.43. The van der Waals surface area contributed by atoms with Crippen molar-refractivity contribution in [3.8, 4) is 17.0 Å². The van der Waals surface area contributed by atoms with Crippen molar-refractivity contribution in [3.63, 3.8) is 0 Å². The number of aromatic nitrogens is 2. The molecule has 5 rings (SSSR count). The topological polar surface area (TPSA) is 80.8 Å². The molecule has 3 aromatic rings. The normalized spacial score (nSPS) is 23.5. The van der Waals surface area contributed by atoms with Gasteiger partial charge in [0.15, 0.2) is 0 Å². The van der Waals surface area contributed by atoms with Crippen LogP contribution in [0.5, 0.6) is 5.75 Å². The predicted molar refractivity (Wildman–Crippen MR) is 132 cm³/mol. The Morgan fingerprint density at radius 3 is 2.35 bits per heavy atom. The molecule has 2 saturated heterocycles. The van der Waals surface area contributed by atoms with Crippen LogP contribution in [-0.4, -0.2) is 68.7 Å². The minimum absolute atomic E-state index is 0.00212. The highest BCUT2D eigenvalue weighted by molar-refractivity contribution is 5.61. The van der Waals surface area contributed by atoms with Crippen LogP contribution in [0.4, 0.5) is 11.6 Å². The summed E-state index contributed by atoms with van der Waals surface area (Å²) in [5, 5.41) is 7.04. The van der Waals surface area contributed by atoms with Crippen LogP contribution in [0.3, 0.4) is 0 Å². The smallest absolute Gasteiger partial charge is 0.223 e.